The first-order chi connectivity index (χ1) is 10.3. The van der Waals surface area contributed by atoms with Gasteiger partial charge in [-0.15, -0.1) is 0 Å². The highest BCUT2D eigenvalue weighted by molar-refractivity contribution is 8.55. The molecule has 0 spiro atoms. The number of halogens is 3. The molecule has 0 bridgehead atoms. The summed E-state index contributed by atoms with van der Waals surface area (Å²) in [4.78, 5) is 0. The van der Waals surface area contributed by atoms with Gasteiger partial charge < -0.3 is 4.52 Å². The molecule has 0 aliphatic carbocycles. The summed E-state index contributed by atoms with van der Waals surface area (Å²) in [6, 6.07) is 6.72. The second-order valence-electron chi connectivity index (χ2n) is 4.38. The van der Waals surface area contributed by atoms with Crippen LogP contribution in [0.3, 0.4) is 0 Å². The largest absolute Gasteiger partial charge is 0.440 e. The zero-order valence-electron chi connectivity index (χ0n) is 12.5. The molecule has 22 heavy (non-hydrogen) atoms. The minimum Gasteiger partial charge on any atom is -0.414 e. The Morgan fingerprint density at radius 1 is 1.27 bits per heavy atom. The maximum atomic E-state index is 12.9. The lowest BCUT2D eigenvalue weighted by atomic mass is 10.2. The number of hydrogen-bond acceptors (Lipinski definition) is 4. The van der Waals surface area contributed by atoms with E-state index < -0.39 is 6.80 Å². The third-order valence-electron chi connectivity index (χ3n) is 2.65. The second kappa shape index (κ2) is 9.46. The monoisotopic (exact) mass is 402 g/mol. The minimum atomic E-state index is -3.42. The molecule has 0 saturated carbocycles. The lowest BCUT2D eigenvalue weighted by molar-refractivity contribution is 0.286. The molecule has 124 valence electrons. The normalized spacial score (nSPS) is 15.0. The highest BCUT2D eigenvalue weighted by Gasteiger charge is 2.31. The zero-order valence-corrected chi connectivity index (χ0v) is 16.5. The Morgan fingerprint density at radius 3 is 2.32 bits per heavy atom. The molecular formula is C14H18Cl3O3PS. The van der Waals surface area contributed by atoms with Crippen molar-refractivity contribution < 1.29 is 13.6 Å². The van der Waals surface area contributed by atoms with Gasteiger partial charge in [0.05, 0.1) is 6.61 Å². The van der Waals surface area contributed by atoms with Crippen LogP contribution in [0.25, 0.3) is 5.76 Å². The van der Waals surface area contributed by atoms with E-state index in [1.165, 1.54) is 0 Å². The standard InChI is InChI=1S/C14H18Cl3O3PS/c1-4-10(3)22-21(18,19-5-2)20-13(14(16)17)11-6-8-12(15)9-7-11/h6-10H,4-5H2,1-3H3. The predicted molar refractivity (Wildman–Crippen MR) is 97.7 cm³/mol. The summed E-state index contributed by atoms with van der Waals surface area (Å²) in [6.45, 7) is 2.54. The van der Waals surface area contributed by atoms with Crippen LogP contribution in [0.2, 0.25) is 5.02 Å². The van der Waals surface area contributed by atoms with Gasteiger partial charge in [0.1, 0.15) is 4.49 Å². The van der Waals surface area contributed by atoms with Gasteiger partial charge in [0.15, 0.2) is 5.76 Å². The summed E-state index contributed by atoms with van der Waals surface area (Å²) in [5.74, 6) is 0.118. The lowest BCUT2D eigenvalue weighted by Gasteiger charge is -2.22. The fourth-order valence-electron chi connectivity index (χ4n) is 1.44. The lowest BCUT2D eigenvalue weighted by Crippen LogP contribution is -1.99. The van der Waals surface area contributed by atoms with Gasteiger partial charge in [-0.3, -0.25) is 4.52 Å². The smallest absolute Gasteiger partial charge is 0.414 e. The van der Waals surface area contributed by atoms with E-state index in [4.69, 9.17) is 43.9 Å². The molecule has 0 aliphatic heterocycles. The van der Waals surface area contributed by atoms with Crippen molar-refractivity contribution in [3.63, 3.8) is 0 Å². The van der Waals surface area contributed by atoms with Gasteiger partial charge in [0.2, 0.25) is 0 Å². The first-order valence-corrected chi connectivity index (χ1v) is 10.9. The summed E-state index contributed by atoms with van der Waals surface area (Å²) in [7, 11) is 0. The van der Waals surface area contributed by atoms with Crippen LogP contribution in [0.4, 0.5) is 0 Å². The maximum absolute atomic E-state index is 12.9. The zero-order chi connectivity index (χ0) is 16.8. The van der Waals surface area contributed by atoms with Crippen LogP contribution in [-0.4, -0.2) is 11.9 Å². The van der Waals surface area contributed by atoms with Crippen LogP contribution in [0, 0.1) is 0 Å². The van der Waals surface area contributed by atoms with E-state index >= 15 is 0 Å². The molecule has 1 rings (SSSR count). The summed E-state index contributed by atoms with van der Waals surface area (Å²) < 4.78 is 23.7. The van der Waals surface area contributed by atoms with Crippen molar-refractivity contribution in [1.29, 1.82) is 0 Å². The Morgan fingerprint density at radius 2 is 1.86 bits per heavy atom. The van der Waals surface area contributed by atoms with E-state index in [0.29, 0.717) is 10.6 Å². The molecule has 0 aromatic heterocycles. The van der Waals surface area contributed by atoms with Crippen molar-refractivity contribution in [3.8, 4) is 0 Å². The quantitative estimate of drug-likeness (QED) is 0.341. The third-order valence-corrected chi connectivity index (χ3v) is 7.57. The molecule has 0 amide bonds. The van der Waals surface area contributed by atoms with Crippen molar-refractivity contribution >= 4 is 58.7 Å². The van der Waals surface area contributed by atoms with Gasteiger partial charge in [-0.05, 0) is 49.0 Å². The van der Waals surface area contributed by atoms with Crippen molar-refractivity contribution in [3.05, 3.63) is 39.3 Å². The second-order valence-corrected chi connectivity index (χ2v) is 10.1. The van der Waals surface area contributed by atoms with E-state index in [9.17, 15) is 4.57 Å². The minimum absolute atomic E-state index is 0.109. The van der Waals surface area contributed by atoms with Gasteiger partial charge in [-0.2, -0.15) is 0 Å². The highest BCUT2D eigenvalue weighted by atomic mass is 35.5. The van der Waals surface area contributed by atoms with Crippen LogP contribution in [0.1, 0.15) is 32.8 Å². The Bertz CT molecular complexity index is 559. The molecule has 8 heteroatoms. The van der Waals surface area contributed by atoms with Crippen LogP contribution >= 0.6 is 53.0 Å². The van der Waals surface area contributed by atoms with Crippen molar-refractivity contribution in [2.24, 2.45) is 0 Å². The molecule has 0 heterocycles. The van der Waals surface area contributed by atoms with Gasteiger partial charge >= 0.3 is 6.80 Å². The molecule has 3 nitrogen and oxygen atoms in total. The van der Waals surface area contributed by atoms with Crippen LogP contribution in [-0.2, 0) is 13.6 Å². The maximum Gasteiger partial charge on any atom is 0.440 e. The van der Waals surface area contributed by atoms with Crippen molar-refractivity contribution in [2.75, 3.05) is 6.61 Å². The first-order valence-electron chi connectivity index (χ1n) is 6.75. The Hall–Kier alpha value is 0.170. The predicted octanol–water partition coefficient (Wildman–Crippen LogP) is 7.14. The topological polar surface area (TPSA) is 35.5 Å². The van der Waals surface area contributed by atoms with Crippen LogP contribution in [0.5, 0.6) is 0 Å². The molecule has 1 aromatic rings. The van der Waals surface area contributed by atoms with E-state index in [1.807, 2.05) is 13.8 Å². The first kappa shape index (κ1) is 20.2. The molecule has 0 saturated heterocycles. The fourth-order valence-corrected chi connectivity index (χ4v) is 6.07. The summed E-state index contributed by atoms with van der Waals surface area (Å²) in [5, 5.41) is 0.675. The van der Waals surface area contributed by atoms with E-state index in [2.05, 4.69) is 0 Å². The van der Waals surface area contributed by atoms with Gasteiger partial charge in [-0.1, -0.05) is 48.7 Å². The molecule has 2 unspecified atom stereocenters. The van der Waals surface area contributed by atoms with E-state index in [-0.39, 0.29) is 22.1 Å². The SMILES string of the molecule is CCOP(=O)(OC(=C(Cl)Cl)c1ccc(Cl)cc1)SC(C)CC. The summed E-state index contributed by atoms with van der Waals surface area (Å²) in [6.07, 6.45) is 0.833. The number of benzene rings is 1. The average Bonchev–Trinajstić information content (AvgIpc) is 2.45. The Balaban J connectivity index is 3.08. The molecule has 2 atom stereocenters. The van der Waals surface area contributed by atoms with Crippen molar-refractivity contribution in [2.45, 2.75) is 32.4 Å². The molecule has 0 N–H and O–H groups in total. The van der Waals surface area contributed by atoms with Gasteiger partial charge in [0, 0.05) is 15.8 Å². The van der Waals surface area contributed by atoms with E-state index in [0.717, 1.165) is 17.8 Å². The molecule has 1 aromatic carbocycles. The van der Waals surface area contributed by atoms with E-state index in [1.54, 1.807) is 31.2 Å². The van der Waals surface area contributed by atoms with Crippen molar-refractivity contribution in [1.82, 2.24) is 0 Å². The van der Waals surface area contributed by atoms with Crippen LogP contribution < -0.4 is 0 Å². The average molecular weight is 404 g/mol. The van der Waals surface area contributed by atoms with Gasteiger partial charge in [0.25, 0.3) is 0 Å². The Kier molecular flexibility index (Phi) is 8.69. The molecule has 0 radical (unpaired) electrons. The third kappa shape index (κ3) is 6.35. The van der Waals surface area contributed by atoms with Crippen LogP contribution in [0.15, 0.2) is 28.8 Å². The van der Waals surface area contributed by atoms with Gasteiger partial charge in [-0.25, -0.2) is 4.57 Å². The Labute approximate surface area is 150 Å². The fraction of sp³-hybridized carbons (Fsp3) is 0.429. The molecule has 0 aliphatic rings. The number of hydrogen-bond donors (Lipinski definition) is 0. The summed E-state index contributed by atoms with van der Waals surface area (Å²) in [5.41, 5.74) is 0.578. The molecular weight excluding hydrogens is 386 g/mol. The number of rotatable bonds is 8. The highest BCUT2D eigenvalue weighted by Crippen LogP contribution is 2.65. The summed E-state index contributed by atoms with van der Waals surface area (Å²) >= 11 is 18.8. The molecule has 0 fully saturated rings.